The summed E-state index contributed by atoms with van der Waals surface area (Å²) in [6, 6.07) is 2.00. The molecule has 0 aromatic carbocycles. The first-order valence-corrected chi connectivity index (χ1v) is 3.30. The van der Waals surface area contributed by atoms with Crippen molar-refractivity contribution in [1.82, 2.24) is 0 Å². The first kappa shape index (κ1) is 8.45. The van der Waals surface area contributed by atoms with Gasteiger partial charge in [-0.1, -0.05) is 13.3 Å². The third-order valence-electron chi connectivity index (χ3n) is 1.37. The van der Waals surface area contributed by atoms with Gasteiger partial charge in [-0.25, -0.2) is 0 Å². The van der Waals surface area contributed by atoms with Gasteiger partial charge in [0.1, 0.15) is 0 Å². The van der Waals surface area contributed by atoms with Crippen LogP contribution in [0.2, 0.25) is 0 Å². The smallest absolute Gasteiger partial charge is 0.0695 e. The van der Waals surface area contributed by atoms with Crippen LogP contribution in [0.4, 0.5) is 0 Å². The topological polar surface area (TPSA) is 44.0 Å². The first-order valence-electron chi connectivity index (χ1n) is 3.30. The molecule has 0 amide bonds. The minimum absolute atomic E-state index is 0.218. The van der Waals surface area contributed by atoms with E-state index in [0.717, 1.165) is 12.8 Å². The number of aliphatic hydroxyl groups excluding tert-OH is 1. The Morgan fingerprint density at radius 1 is 1.67 bits per heavy atom. The second kappa shape index (κ2) is 4.34. The van der Waals surface area contributed by atoms with E-state index >= 15 is 0 Å². The quantitative estimate of drug-likeness (QED) is 0.621. The highest BCUT2D eigenvalue weighted by Crippen LogP contribution is 2.06. The molecule has 0 aliphatic carbocycles. The molecule has 0 saturated heterocycles. The van der Waals surface area contributed by atoms with Gasteiger partial charge < -0.3 is 5.11 Å². The molecule has 0 rings (SSSR count). The summed E-state index contributed by atoms with van der Waals surface area (Å²) in [5.74, 6) is -0.218. The molecule has 2 unspecified atom stereocenters. The Morgan fingerprint density at radius 2 is 2.22 bits per heavy atom. The second-order valence-electron chi connectivity index (χ2n) is 2.27. The Hall–Kier alpha value is -0.550. The number of hydrogen-bond acceptors (Lipinski definition) is 2. The van der Waals surface area contributed by atoms with Crippen molar-refractivity contribution in [2.45, 2.75) is 32.8 Å². The van der Waals surface area contributed by atoms with E-state index in [1.807, 2.05) is 13.0 Å². The summed E-state index contributed by atoms with van der Waals surface area (Å²) in [7, 11) is 0. The first-order chi connectivity index (χ1) is 4.22. The van der Waals surface area contributed by atoms with Gasteiger partial charge in [-0.05, 0) is 13.3 Å². The van der Waals surface area contributed by atoms with Gasteiger partial charge in [-0.15, -0.1) is 0 Å². The van der Waals surface area contributed by atoms with Crippen LogP contribution in [0.25, 0.3) is 0 Å². The lowest BCUT2D eigenvalue weighted by Gasteiger charge is -2.09. The van der Waals surface area contributed by atoms with Gasteiger partial charge in [0.15, 0.2) is 0 Å². The molecule has 0 aliphatic rings. The minimum atomic E-state index is -0.431. The molecular weight excluding hydrogens is 114 g/mol. The Balaban J connectivity index is 3.48. The van der Waals surface area contributed by atoms with Crippen LogP contribution in [0.1, 0.15) is 26.7 Å². The lowest BCUT2D eigenvalue weighted by Crippen LogP contribution is -2.14. The van der Waals surface area contributed by atoms with Gasteiger partial charge in [0.25, 0.3) is 0 Å². The molecule has 0 aromatic rings. The fourth-order valence-corrected chi connectivity index (χ4v) is 0.632. The summed E-state index contributed by atoms with van der Waals surface area (Å²) in [4.78, 5) is 0. The van der Waals surface area contributed by atoms with Crippen molar-refractivity contribution in [3.05, 3.63) is 0 Å². The summed E-state index contributed by atoms with van der Waals surface area (Å²) >= 11 is 0. The average molecular weight is 127 g/mol. The molecule has 2 heteroatoms. The molecule has 0 spiro atoms. The lowest BCUT2D eigenvalue weighted by molar-refractivity contribution is 0.130. The Kier molecular flexibility index (Phi) is 4.08. The number of hydrogen-bond donors (Lipinski definition) is 1. The highest BCUT2D eigenvalue weighted by atomic mass is 16.3. The van der Waals surface area contributed by atoms with E-state index in [-0.39, 0.29) is 5.92 Å². The summed E-state index contributed by atoms with van der Waals surface area (Å²) in [5.41, 5.74) is 0. The molecule has 0 aromatic heterocycles. The molecule has 0 bridgehead atoms. The SMILES string of the molecule is CCCC(O)C(C)C#N. The largest absolute Gasteiger partial charge is 0.392 e. The minimum Gasteiger partial charge on any atom is -0.392 e. The monoisotopic (exact) mass is 127 g/mol. The van der Waals surface area contributed by atoms with E-state index in [1.54, 1.807) is 6.92 Å². The average Bonchev–Trinajstić information content (AvgIpc) is 1.87. The molecule has 2 atom stereocenters. The third kappa shape index (κ3) is 3.10. The molecule has 52 valence electrons. The maximum atomic E-state index is 9.10. The van der Waals surface area contributed by atoms with Gasteiger partial charge in [0.2, 0.25) is 0 Å². The number of nitrogens with zero attached hydrogens (tertiary/aromatic N) is 1. The highest BCUT2D eigenvalue weighted by Gasteiger charge is 2.10. The van der Waals surface area contributed by atoms with E-state index in [2.05, 4.69) is 0 Å². The van der Waals surface area contributed by atoms with Crippen molar-refractivity contribution < 1.29 is 5.11 Å². The Morgan fingerprint density at radius 3 is 2.56 bits per heavy atom. The summed E-state index contributed by atoms with van der Waals surface area (Å²) in [5, 5.41) is 17.4. The van der Waals surface area contributed by atoms with Crippen LogP contribution >= 0.6 is 0 Å². The zero-order valence-electron chi connectivity index (χ0n) is 5.96. The van der Waals surface area contributed by atoms with Crippen molar-refractivity contribution in [3.63, 3.8) is 0 Å². The molecule has 0 saturated carbocycles. The van der Waals surface area contributed by atoms with Crippen LogP contribution in [-0.4, -0.2) is 11.2 Å². The Bertz CT molecular complexity index is 106. The maximum Gasteiger partial charge on any atom is 0.0695 e. The van der Waals surface area contributed by atoms with Crippen molar-refractivity contribution in [3.8, 4) is 6.07 Å². The second-order valence-corrected chi connectivity index (χ2v) is 2.27. The lowest BCUT2D eigenvalue weighted by atomic mass is 10.0. The van der Waals surface area contributed by atoms with Crippen molar-refractivity contribution in [2.75, 3.05) is 0 Å². The zero-order chi connectivity index (χ0) is 7.28. The predicted molar refractivity (Wildman–Crippen MR) is 35.7 cm³/mol. The predicted octanol–water partition coefficient (Wildman–Crippen LogP) is 1.31. The van der Waals surface area contributed by atoms with E-state index in [4.69, 9.17) is 10.4 Å². The molecule has 0 fully saturated rings. The van der Waals surface area contributed by atoms with E-state index < -0.39 is 6.10 Å². The van der Waals surface area contributed by atoms with Gasteiger partial charge in [0.05, 0.1) is 18.1 Å². The standard InChI is InChI=1S/C7H13NO/c1-3-4-7(9)6(2)5-8/h6-7,9H,3-4H2,1-2H3. The van der Waals surface area contributed by atoms with Gasteiger partial charge in [0, 0.05) is 0 Å². The van der Waals surface area contributed by atoms with Crippen molar-refractivity contribution in [2.24, 2.45) is 5.92 Å². The third-order valence-corrected chi connectivity index (χ3v) is 1.37. The van der Waals surface area contributed by atoms with E-state index in [1.165, 1.54) is 0 Å². The maximum absolute atomic E-state index is 9.10. The van der Waals surface area contributed by atoms with Crippen molar-refractivity contribution in [1.29, 1.82) is 5.26 Å². The van der Waals surface area contributed by atoms with Gasteiger partial charge >= 0.3 is 0 Å². The highest BCUT2D eigenvalue weighted by molar-refractivity contribution is 4.83. The Labute approximate surface area is 56.1 Å². The van der Waals surface area contributed by atoms with Crippen LogP contribution < -0.4 is 0 Å². The fraction of sp³-hybridized carbons (Fsp3) is 0.857. The molecule has 0 heterocycles. The summed E-state index contributed by atoms with van der Waals surface area (Å²) in [6.45, 7) is 3.73. The number of aliphatic hydroxyl groups is 1. The van der Waals surface area contributed by atoms with Gasteiger partial charge in [-0.3, -0.25) is 0 Å². The normalized spacial score (nSPS) is 16.2. The van der Waals surface area contributed by atoms with Crippen LogP contribution in [0.3, 0.4) is 0 Å². The van der Waals surface area contributed by atoms with Crippen LogP contribution in [0.15, 0.2) is 0 Å². The molecule has 9 heavy (non-hydrogen) atoms. The molecule has 1 N–H and O–H groups in total. The summed E-state index contributed by atoms with van der Waals surface area (Å²) < 4.78 is 0. The molecular formula is C7H13NO. The van der Waals surface area contributed by atoms with E-state index in [0.29, 0.717) is 0 Å². The molecule has 2 nitrogen and oxygen atoms in total. The molecule has 0 radical (unpaired) electrons. The van der Waals surface area contributed by atoms with Crippen LogP contribution in [0.5, 0.6) is 0 Å². The zero-order valence-corrected chi connectivity index (χ0v) is 5.96. The van der Waals surface area contributed by atoms with Gasteiger partial charge in [-0.2, -0.15) is 5.26 Å². The number of nitriles is 1. The van der Waals surface area contributed by atoms with E-state index in [9.17, 15) is 0 Å². The van der Waals surface area contributed by atoms with Crippen LogP contribution in [0, 0.1) is 17.2 Å². The van der Waals surface area contributed by atoms with Crippen LogP contribution in [-0.2, 0) is 0 Å². The number of rotatable bonds is 3. The molecule has 0 aliphatic heterocycles. The van der Waals surface area contributed by atoms with Crippen molar-refractivity contribution >= 4 is 0 Å². The fourth-order valence-electron chi connectivity index (χ4n) is 0.632. The summed E-state index contributed by atoms with van der Waals surface area (Å²) in [6.07, 6.45) is 1.24.